The van der Waals surface area contributed by atoms with Crippen molar-refractivity contribution in [2.45, 2.75) is 6.92 Å². The van der Waals surface area contributed by atoms with E-state index in [2.05, 4.69) is 15.5 Å². The van der Waals surface area contributed by atoms with E-state index in [1.54, 1.807) is 12.1 Å². The molecule has 0 saturated carbocycles. The van der Waals surface area contributed by atoms with Crippen LogP contribution in [0.5, 0.6) is 5.75 Å². The maximum atomic E-state index is 11.8. The number of fused-ring (bicyclic) bond motifs is 1. The number of carbonyl (C=O) groups excluding carboxylic acids is 1. The van der Waals surface area contributed by atoms with E-state index in [0.717, 1.165) is 16.5 Å². The molecule has 3 aromatic rings. The molecule has 0 bridgehead atoms. The van der Waals surface area contributed by atoms with Crippen LogP contribution in [0.25, 0.3) is 10.9 Å². The lowest BCUT2D eigenvalue weighted by Gasteiger charge is -2.05. The summed E-state index contributed by atoms with van der Waals surface area (Å²) < 4.78 is 5.34. The molecule has 6 heteroatoms. The third-order valence-electron chi connectivity index (χ3n) is 3.53. The minimum absolute atomic E-state index is 0.121. The highest BCUT2D eigenvalue weighted by Crippen LogP contribution is 2.21. The number of hydrogen-bond acceptors (Lipinski definition) is 4. The van der Waals surface area contributed by atoms with Gasteiger partial charge in [-0.1, -0.05) is 48.0 Å². The molecule has 1 N–H and O–H groups in total. The Kier molecular flexibility index (Phi) is 5.26. The zero-order valence-corrected chi connectivity index (χ0v) is 14.3. The summed E-state index contributed by atoms with van der Waals surface area (Å²) in [5.74, 6) is 0.264. The van der Waals surface area contributed by atoms with Crippen LogP contribution in [0.15, 0.2) is 59.7 Å². The molecule has 0 fully saturated rings. The van der Waals surface area contributed by atoms with Crippen molar-refractivity contribution in [3.05, 3.63) is 70.9 Å². The molecule has 0 saturated heterocycles. The van der Waals surface area contributed by atoms with Crippen molar-refractivity contribution in [2.75, 3.05) is 6.61 Å². The zero-order chi connectivity index (χ0) is 17.6. The summed E-state index contributed by atoms with van der Waals surface area (Å²) in [6.45, 7) is 1.86. The summed E-state index contributed by atoms with van der Waals surface area (Å²) >= 11 is 6.19. The first-order chi connectivity index (χ1) is 12.1. The van der Waals surface area contributed by atoms with E-state index in [1.807, 2.05) is 49.4 Å². The quantitative estimate of drug-likeness (QED) is 0.432. The molecule has 3 rings (SSSR count). The second-order valence-corrected chi connectivity index (χ2v) is 5.77. The second kappa shape index (κ2) is 7.77. The molecule has 0 atom stereocenters. The van der Waals surface area contributed by atoms with E-state index < -0.39 is 0 Å². The maximum Gasteiger partial charge on any atom is 0.277 e. The Balaban J connectivity index is 1.63. The predicted octanol–water partition coefficient (Wildman–Crippen LogP) is 3.73. The summed E-state index contributed by atoms with van der Waals surface area (Å²) in [7, 11) is 0. The number of ether oxygens (including phenoxy) is 1. The normalized spacial score (nSPS) is 11.0. The van der Waals surface area contributed by atoms with Gasteiger partial charge in [0.05, 0.1) is 11.7 Å². The molecule has 2 aromatic carbocycles. The SMILES string of the molecule is Cc1cccc2cc(/C=N\NC(=O)COc3ccccc3)c(Cl)nc12. The van der Waals surface area contributed by atoms with Gasteiger partial charge < -0.3 is 4.74 Å². The van der Waals surface area contributed by atoms with Crippen LogP contribution in [0, 0.1) is 6.92 Å². The van der Waals surface area contributed by atoms with Crippen molar-refractivity contribution < 1.29 is 9.53 Å². The molecule has 0 unspecified atom stereocenters. The van der Waals surface area contributed by atoms with Gasteiger partial charge in [0, 0.05) is 10.9 Å². The van der Waals surface area contributed by atoms with E-state index in [0.29, 0.717) is 16.5 Å². The van der Waals surface area contributed by atoms with Gasteiger partial charge in [0.25, 0.3) is 5.91 Å². The number of aromatic nitrogens is 1. The maximum absolute atomic E-state index is 11.8. The summed E-state index contributed by atoms with van der Waals surface area (Å²) in [6.07, 6.45) is 1.47. The second-order valence-electron chi connectivity index (χ2n) is 5.41. The number of rotatable bonds is 5. The number of carbonyl (C=O) groups is 1. The lowest BCUT2D eigenvalue weighted by Crippen LogP contribution is -2.24. The molecule has 0 aliphatic rings. The van der Waals surface area contributed by atoms with Gasteiger partial charge in [0.2, 0.25) is 0 Å². The fraction of sp³-hybridized carbons (Fsp3) is 0.105. The molecule has 0 aliphatic carbocycles. The number of nitrogens with one attached hydrogen (secondary N) is 1. The molecule has 1 amide bonds. The highest BCUT2D eigenvalue weighted by Gasteiger charge is 2.05. The standard InChI is InChI=1S/C19H16ClN3O2/c1-13-6-5-7-14-10-15(19(20)22-18(13)14)11-21-23-17(24)12-25-16-8-3-2-4-9-16/h2-11H,12H2,1H3,(H,23,24)/b21-11-. The third-order valence-corrected chi connectivity index (χ3v) is 3.84. The summed E-state index contributed by atoms with van der Waals surface area (Å²) in [6, 6.07) is 16.9. The lowest BCUT2D eigenvalue weighted by molar-refractivity contribution is -0.123. The van der Waals surface area contributed by atoms with Crippen LogP contribution < -0.4 is 10.2 Å². The van der Waals surface area contributed by atoms with Gasteiger partial charge in [-0.15, -0.1) is 0 Å². The smallest absolute Gasteiger partial charge is 0.277 e. The Morgan fingerprint density at radius 2 is 2.04 bits per heavy atom. The van der Waals surface area contributed by atoms with Crippen LogP contribution in [-0.2, 0) is 4.79 Å². The van der Waals surface area contributed by atoms with Crippen LogP contribution in [0.4, 0.5) is 0 Å². The molecular formula is C19H16ClN3O2. The average molecular weight is 354 g/mol. The minimum Gasteiger partial charge on any atom is -0.484 e. The first-order valence-corrected chi connectivity index (χ1v) is 8.07. The van der Waals surface area contributed by atoms with Gasteiger partial charge in [-0.25, -0.2) is 10.4 Å². The van der Waals surface area contributed by atoms with E-state index in [-0.39, 0.29) is 12.5 Å². The molecule has 25 heavy (non-hydrogen) atoms. The molecule has 0 aliphatic heterocycles. The largest absolute Gasteiger partial charge is 0.484 e. The van der Waals surface area contributed by atoms with Crippen LogP contribution >= 0.6 is 11.6 Å². The van der Waals surface area contributed by atoms with Crippen molar-refractivity contribution in [1.82, 2.24) is 10.4 Å². The zero-order valence-electron chi connectivity index (χ0n) is 13.6. The topological polar surface area (TPSA) is 63.6 Å². The predicted molar refractivity (Wildman–Crippen MR) is 99.2 cm³/mol. The Hall–Kier alpha value is -2.92. The Morgan fingerprint density at radius 1 is 1.24 bits per heavy atom. The molecule has 126 valence electrons. The van der Waals surface area contributed by atoms with Crippen molar-refractivity contribution in [3.8, 4) is 5.75 Å². The Bertz CT molecular complexity index is 927. The molecule has 1 aromatic heterocycles. The number of hydrogen-bond donors (Lipinski definition) is 1. The van der Waals surface area contributed by atoms with Gasteiger partial charge in [-0.2, -0.15) is 5.10 Å². The van der Waals surface area contributed by atoms with Crippen LogP contribution in [-0.4, -0.2) is 23.7 Å². The van der Waals surface area contributed by atoms with E-state index in [1.165, 1.54) is 6.21 Å². The van der Waals surface area contributed by atoms with E-state index >= 15 is 0 Å². The number of benzene rings is 2. The number of amides is 1. The molecule has 1 heterocycles. The van der Waals surface area contributed by atoms with Crippen LogP contribution in [0.1, 0.15) is 11.1 Å². The number of pyridine rings is 1. The van der Waals surface area contributed by atoms with Crippen LogP contribution in [0.2, 0.25) is 5.15 Å². The monoisotopic (exact) mass is 353 g/mol. The van der Waals surface area contributed by atoms with Crippen molar-refractivity contribution in [1.29, 1.82) is 0 Å². The van der Waals surface area contributed by atoms with Gasteiger partial charge >= 0.3 is 0 Å². The van der Waals surface area contributed by atoms with Crippen molar-refractivity contribution in [2.24, 2.45) is 5.10 Å². The summed E-state index contributed by atoms with van der Waals surface area (Å²) in [5.41, 5.74) is 4.94. The highest BCUT2D eigenvalue weighted by molar-refractivity contribution is 6.32. The molecule has 0 spiro atoms. The number of hydrazone groups is 1. The van der Waals surface area contributed by atoms with Crippen molar-refractivity contribution in [3.63, 3.8) is 0 Å². The number of halogens is 1. The van der Waals surface area contributed by atoms with Crippen LogP contribution in [0.3, 0.4) is 0 Å². The van der Waals surface area contributed by atoms with Gasteiger partial charge in [0.15, 0.2) is 6.61 Å². The molecule has 0 radical (unpaired) electrons. The fourth-order valence-electron chi connectivity index (χ4n) is 2.30. The summed E-state index contributed by atoms with van der Waals surface area (Å²) in [4.78, 5) is 16.1. The fourth-order valence-corrected chi connectivity index (χ4v) is 2.49. The van der Waals surface area contributed by atoms with Gasteiger partial charge in [-0.05, 0) is 30.7 Å². The lowest BCUT2D eigenvalue weighted by atomic mass is 10.1. The Morgan fingerprint density at radius 3 is 2.84 bits per heavy atom. The first kappa shape index (κ1) is 16.9. The summed E-state index contributed by atoms with van der Waals surface area (Å²) in [5, 5.41) is 5.21. The number of para-hydroxylation sites is 2. The minimum atomic E-state index is -0.360. The highest BCUT2D eigenvalue weighted by atomic mass is 35.5. The van der Waals surface area contributed by atoms with Crippen molar-refractivity contribution >= 4 is 34.6 Å². The molecule has 5 nitrogen and oxygen atoms in total. The average Bonchev–Trinajstić information content (AvgIpc) is 2.62. The van der Waals surface area contributed by atoms with Gasteiger partial charge in [-0.3, -0.25) is 4.79 Å². The van der Waals surface area contributed by atoms with E-state index in [9.17, 15) is 4.79 Å². The number of aryl methyl sites for hydroxylation is 1. The molecular weight excluding hydrogens is 338 g/mol. The van der Waals surface area contributed by atoms with Gasteiger partial charge in [0.1, 0.15) is 10.9 Å². The third kappa shape index (κ3) is 4.33. The Labute approximate surface area is 150 Å². The first-order valence-electron chi connectivity index (χ1n) is 7.69. The number of nitrogens with zero attached hydrogens (tertiary/aromatic N) is 2. The van der Waals surface area contributed by atoms with E-state index in [4.69, 9.17) is 16.3 Å².